The SMILES string of the molecule is CCOC(=O)c1c(NC)nc(-c2cccc(C#N)c2)nc1OC1CC(F)C1. The second-order valence-electron chi connectivity index (χ2n) is 6.05. The number of anilines is 1. The lowest BCUT2D eigenvalue weighted by atomic mass is 9.94. The van der Waals surface area contributed by atoms with Gasteiger partial charge < -0.3 is 14.8 Å². The molecule has 1 saturated carbocycles. The van der Waals surface area contributed by atoms with Crippen molar-refractivity contribution in [3.05, 3.63) is 35.4 Å². The highest BCUT2D eigenvalue weighted by atomic mass is 19.1. The van der Waals surface area contributed by atoms with Crippen LogP contribution in [0.15, 0.2) is 24.3 Å². The highest BCUT2D eigenvalue weighted by Gasteiger charge is 2.33. The number of hydrogen-bond acceptors (Lipinski definition) is 7. The van der Waals surface area contributed by atoms with E-state index in [1.807, 2.05) is 0 Å². The molecule has 7 nitrogen and oxygen atoms in total. The molecule has 0 bridgehead atoms. The summed E-state index contributed by atoms with van der Waals surface area (Å²) in [5.41, 5.74) is 1.13. The summed E-state index contributed by atoms with van der Waals surface area (Å²) in [5, 5.41) is 12.0. The normalized spacial score (nSPS) is 18.1. The van der Waals surface area contributed by atoms with E-state index < -0.39 is 12.1 Å². The van der Waals surface area contributed by atoms with E-state index in [1.54, 1.807) is 38.2 Å². The molecule has 8 heteroatoms. The lowest BCUT2D eigenvalue weighted by Crippen LogP contribution is -2.35. The number of nitrogens with zero attached hydrogens (tertiary/aromatic N) is 3. The molecule has 1 N–H and O–H groups in total. The average Bonchev–Trinajstić information content (AvgIpc) is 2.66. The Bertz CT molecular complexity index is 891. The number of benzene rings is 1. The van der Waals surface area contributed by atoms with E-state index in [2.05, 4.69) is 21.4 Å². The Labute approximate surface area is 156 Å². The van der Waals surface area contributed by atoms with E-state index in [0.717, 1.165) is 0 Å². The summed E-state index contributed by atoms with van der Waals surface area (Å²) >= 11 is 0. The fourth-order valence-electron chi connectivity index (χ4n) is 2.71. The van der Waals surface area contributed by atoms with Gasteiger partial charge in [0.2, 0.25) is 5.88 Å². The van der Waals surface area contributed by atoms with Gasteiger partial charge in [-0.05, 0) is 19.1 Å². The number of nitriles is 1. The number of hydrogen-bond donors (Lipinski definition) is 1. The summed E-state index contributed by atoms with van der Waals surface area (Å²) in [7, 11) is 1.62. The van der Waals surface area contributed by atoms with Crippen LogP contribution >= 0.6 is 0 Å². The van der Waals surface area contributed by atoms with Gasteiger partial charge in [-0.2, -0.15) is 10.2 Å². The third-order valence-corrected chi connectivity index (χ3v) is 4.16. The number of halogens is 1. The van der Waals surface area contributed by atoms with Crippen molar-refractivity contribution in [1.82, 2.24) is 9.97 Å². The van der Waals surface area contributed by atoms with Gasteiger partial charge in [-0.1, -0.05) is 12.1 Å². The van der Waals surface area contributed by atoms with E-state index in [9.17, 15) is 9.18 Å². The van der Waals surface area contributed by atoms with Crippen LogP contribution in [0.5, 0.6) is 5.88 Å². The smallest absolute Gasteiger partial charge is 0.347 e. The Hall–Kier alpha value is -3.21. The third kappa shape index (κ3) is 3.97. The maximum Gasteiger partial charge on any atom is 0.347 e. The van der Waals surface area contributed by atoms with Crippen LogP contribution in [0.25, 0.3) is 11.4 Å². The largest absolute Gasteiger partial charge is 0.473 e. The molecule has 0 radical (unpaired) electrons. The molecule has 2 aromatic rings. The second-order valence-corrected chi connectivity index (χ2v) is 6.05. The first kappa shape index (κ1) is 18.6. The van der Waals surface area contributed by atoms with Crippen LogP contribution in [-0.2, 0) is 4.74 Å². The Balaban J connectivity index is 2.07. The quantitative estimate of drug-likeness (QED) is 0.780. The number of ether oxygens (including phenoxy) is 2. The van der Waals surface area contributed by atoms with Crippen LogP contribution in [0.1, 0.15) is 35.7 Å². The molecule has 140 valence electrons. The molecule has 1 fully saturated rings. The van der Waals surface area contributed by atoms with Crippen molar-refractivity contribution in [2.75, 3.05) is 19.0 Å². The fourth-order valence-corrected chi connectivity index (χ4v) is 2.71. The molecule has 1 heterocycles. The topological polar surface area (TPSA) is 97.1 Å². The molecule has 1 aromatic heterocycles. The molecule has 0 amide bonds. The minimum Gasteiger partial charge on any atom is -0.473 e. The molecule has 27 heavy (non-hydrogen) atoms. The van der Waals surface area contributed by atoms with Crippen LogP contribution in [0.4, 0.5) is 10.2 Å². The summed E-state index contributed by atoms with van der Waals surface area (Å²) in [4.78, 5) is 21.2. The third-order valence-electron chi connectivity index (χ3n) is 4.16. The Morgan fingerprint density at radius 2 is 2.19 bits per heavy atom. The average molecular weight is 370 g/mol. The van der Waals surface area contributed by atoms with Crippen molar-refractivity contribution in [2.45, 2.75) is 32.0 Å². The summed E-state index contributed by atoms with van der Waals surface area (Å²) in [6, 6.07) is 8.85. The molecule has 3 rings (SSSR count). The number of carbonyl (C=O) groups excluding carboxylic acids is 1. The molecule has 0 unspecified atom stereocenters. The molecule has 0 saturated heterocycles. The Morgan fingerprint density at radius 1 is 1.41 bits per heavy atom. The second kappa shape index (κ2) is 7.99. The predicted octanol–water partition coefficient (Wildman–Crippen LogP) is 3.11. The Morgan fingerprint density at radius 3 is 2.81 bits per heavy atom. The van der Waals surface area contributed by atoms with Gasteiger partial charge in [0.15, 0.2) is 11.4 Å². The number of rotatable bonds is 6. The van der Waals surface area contributed by atoms with Crippen molar-refractivity contribution in [3.63, 3.8) is 0 Å². The van der Waals surface area contributed by atoms with Crippen LogP contribution in [0, 0.1) is 11.3 Å². The molecule has 0 spiro atoms. The van der Waals surface area contributed by atoms with Crippen LogP contribution in [0.3, 0.4) is 0 Å². The molecular formula is C19H19FN4O3. The molecule has 0 atom stereocenters. The zero-order valence-electron chi connectivity index (χ0n) is 15.0. The van der Waals surface area contributed by atoms with Gasteiger partial charge in [0.1, 0.15) is 18.1 Å². The zero-order chi connectivity index (χ0) is 19.4. The number of carbonyl (C=O) groups is 1. The van der Waals surface area contributed by atoms with Gasteiger partial charge in [-0.3, -0.25) is 0 Å². The van der Waals surface area contributed by atoms with Crippen molar-refractivity contribution < 1.29 is 18.7 Å². The monoisotopic (exact) mass is 370 g/mol. The summed E-state index contributed by atoms with van der Waals surface area (Å²) in [5.74, 6) is -0.0464. The molecule has 1 aliphatic carbocycles. The van der Waals surface area contributed by atoms with Gasteiger partial charge in [0.05, 0.1) is 18.2 Å². The first-order valence-electron chi connectivity index (χ1n) is 8.63. The summed E-state index contributed by atoms with van der Waals surface area (Å²) < 4.78 is 24.1. The van der Waals surface area contributed by atoms with Crippen molar-refractivity contribution in [2.24, 2.45) is 0 Å². The maximum absolute atomic E-state index is 13.2. The van der Waals surface area contributed by atoms with Crippen LogP contribution in [0.2, 0.25) is 0 Å². The highest BCUT2D eigenvalue weighted by Crippen LogP contribution is 2.33. The molecular weight excluding hydrogens is 351 g/mol. The molecule has 1 aromatic carbocycles. The predicted molar refractivity (Wildman–Crippen MR) is 96.2 cm³/mol. The Kier molecular flexibility index (Phi) is 5.50. The van der Waals surface area contributed by atoms with Gasteiger partial charge in [0, 0.05) is 25.5 Å². The molecule has 0 aliphatic heterocycles. The minimum atomic E-state index is -0.904. The van der Waals surface area contributed by atoms with Crippen molar-refractivity contribution in [3.8, 4) is 23.3 Å². The zero-order valence-corrected chi connectivity index (χ0v) is 15.0. The van der Waals surface area contributed by atoms with E-state index in [-0.39, 0.29) is 48.6 Å². The lowest BCUT2D eigenvalue weighted by Gasteiger charge is -2.30. The number of nitrogens with one attached hydrogen (secondary N) is 1. The number of aromatic nitrogens is 2. The lowest BCUT2D eigenvalue weighted by molar-refractivity contribution is 0.0342. The van der Waals surface area contributed by atoms with Gasteiger partial charge in [-0.25, -0.2) is 14.2 Å². The van der Waals surface area contributed by atoms with Crippen LogP contribution in [-0.4, -0.2) is 41.9 Å². The highest BCUT2D eigenvalue weighted by molar-refractivity contribution is 5.97. The molecule has 1 aliphatic rings. The maximum atomic E-state index is 13.2. The van der Waals surface area contributed by atoms with Crippen molar-refractivity contribution in [1.29, 1.82) is 5.26 Å². The van der Waals surface area contributed by atoms with E-state index in [1.165, 1.54) is 0 Å². The van der Waals surface area contributed by atoms with Gasteiger partial charge in [-0.15, -0.1) is 0 Å². The number of esters is 1. The van der Waals surface area contributed by atoms with E-state index in [4.69, 9.17) is 14.7 Å². The first-order valence-corrected chi connectivity index (χ1v) is 8.63. The van der Waals surface area contributed by atoms with E-state index >= 15 is 0 Å². The van der Waals surface area contributed by atoms with Gasteiger partial charge in [0.25, 0.3) is 0 Å². The minimum absolute atomic E-state index is 0.0436. The summed E-state index contributed by atoms with van der Waals surface area (Å²) in [6.45, 7) is 1.88. The van der Waals surface area contributed by atoms with Gasteiger partial charge >= 0.3 is 5.97 Å². The van der Waals surface area contributed by atoms with Crippen LogP contribution < -0.4 is 10.1 Å². The standard InChI is InChI=1S/C19H19FN4O3/c1-3-26-19(25)15-17(22-2)23-16(12-6-4-5-11(7-12)10-21)24-18(15)27-14-8-13(20)9-14/h4-7,13-14H,3,8-9H2,1-2H3,(H,22,23,24). The summed E-state index contributed by atoms with van der Waals surface area (Å²) in [6.07, 6.45) is -0.759. The first-order chi connectivity index (χ1) is 13.0. The van der Waals surface area contributed by atoms with E-state index in [0.29, 0.717) is 11.1 Å². The number of alkyl halides is 1. The fraction of sp³-hybridized carbons (Fsp3) is 0.368. The van der Waals surface area contributed by atoms with Crippen molar-refractivity contribution >= 4 is 11.8 Å².